The first-order valence-electron chi connectivity index (χ1n) is 17.8. The molecule has 0 fully saturated rings. The van der Waals surface area contributed by atoms with E-state index in [9.17, 15) is 9.59 Å². The Balaban J connectivity index is 4.31. The van der Waals surface area contributed by atoms with E-state index in [0.717, 1.165) is 64.2 Å². The molecule has 0 aliphatic heterocycles. The molecule has 1 unspecified atom stereocenters. The highest BCUT2D eigenvalue weighted by molar-refractivity contribution is 5.71. The van der Waals surface area contributed by atoms with Gasteiger partial charge in [-0.1, -0.05) is 152 Å². The fourth-order valence-corrected chi connectivity index (χ4v) is 4.46. The van der Waals surface area contributed by atoms with Crippen LogP contribution >= 0.6 is 0 Å². The maximum Gasteiger partial charge on any atom is 0.309 e. The molecule has 5 nitrogen and oxygen atoms in total. The van der Waals surface area contributed by atoms with E-state index >= 15 is 0 Å². The van der Waals surface area contributed by atoms with E-state index in [-0.39, 0.29) is 31.6 Å². The monoisotopic (exact) mass is 614 g/mol. The van der Waals surface area contributed by atoms with Crippen molar-refractivity contribution in [3.63, 3.8) is 0 Å². The molecule has 0 aliphatic carbocycles. The van der Waals surface area contributed by atoms with E-state index in [4.69, 9.17) is 14.2 Å². The van der Waals surface area contributed by atoms with Crippen LogP contribution in [-0.4, -0.2) is 37.9 Å². The zero-order chi connectivity index (χ0) is 32.2. The van der Waals surface area contributed by atoms with Gasteiger partial charge in [0.2, 0.25) is 0 Å². The smallest absolute Gasteiger partial charge is 0.309 e. The number of carbonyl (C=O) groups excluding carboxylic acids is 2. The molecule has 0 rings (SSSR count). The summed E-state index contributed by atoms with van der Waals surface area (Å²) >= 11 is 0. The van der Waals surface area contributed by atoms with Crippen molar-refractivity contribution >= 4 is 11.9 Å². The van der Waals surface area contributed by atoms with Crippen LogP contribution in [0.15, 0.2) is 60.8 Å². The summed E-state index contributed by atoms with van der Waals surface area (Å²) in [6.07, 6.45) is 41.1. The van der Waals surface area contributed by atoms with Crippen molar-refractivity contribution in [2.45, 2.75) is 155 Å². The zero-order valence-electron chi connectivity index (χ0n) is 28.7. The summed E-state index contributed by atoms with van der Waals surface area (Å²) in [5.74, 6) is -0.559. The molecule has 0 bridgehead atoms. The Morgan fingerprint density at radius 1 is 0.523 bits per heavy atom. The third-order valence-corrected chi connectivity index (χ3v) is 7.10. The molecule has 0 amide bonds. The first-order valence-corrected chi connectivity index (χ1v) is 17.8. The molecule has 0 spiro atoms. The van der Waals surface area contributed by atoms with Gasteiger partial charge in [-0.25, -0.2) is 0 Å². The van der Waals surface area contributed by atoms with Crippen LogP contribution in [0.25, 0.3) is 0 Å². The van der Waals surface area contributed by atoms with Gasteiger partial charge in [0.15, 0.2) is 6.10 Å². The number of ether oxygens (including phenoxy) is 3. The van der Waals surface area contributed by atoms with Gasteiger partial charge < -0.3 is 14.2 Å². The third kappa shape index (κ3) is 32.5. The van der Waals surface area contributed by atoms with Crippen molar-refractivity contribution in [1.29, 1.82) is 0 Å². The first kappa shape index (κ1) is 41.6. The minimum Gasteiger partial charge on any atom is -0.461 e. The Labute approximate surface area is 271 Å². The molecule has 252 valence electrons. The second-order valence-electron chi connectivity index (χ2n) is 11.4. The number of unbranched alkanes of at least 4 members (excludes halogenated alkanes) is 11. The molecule has 0 saturated heterocycles. The van der Waals surface area contributed by atoms with E-state index < -0.39 is 6.10 Å². The SMILES string of the molecule is CC/C=C\C/C=C\C/C=C\C/C=C\C/C=C\CC(=O)OCC(COCCCCCCCC)OC(=O)CCCCCCCCC. The molecular weight excluding hydrogens is 548 g/mol. The summed E-state index contributed by atoms with van der Waals surface area (Å²) in [6.45, 7) is 7.49. The van der Waals surface area contributed by atoms with Crippen LogP contribution in [0.4, 0.5) is 0 Å². The normalized spacial score (nSPS) is 12.9. The standard InChI is InChI=1S/C39H66O5/c1-4-7-10-13-16-17-18-19-20-21-22-23-25-26-29-32-38(40)43-36-37(35-42-34-31-28-15-12-9-6-3)44-39(41)33-30-27-24-14-11-8-5-2/h7,10,16-17,19-20,22-23,26,29,37H,4-6,8-9,11-15,18,21,24-25,27-28,30-36H2,1-3H3/b10-7-,17-16-,20-19-,23-22-,29-26-. The van der Waals surface area contributed by atoms with Crippen LogP contribution in [0.5, 0.6) is 0 Å². The highest BCUT2D eigenvalue weighted by atomic mass is 16.6. The predicted molar refractivity (Wildman–Crippen MR) is 187 cm³/mol. The lowest BCUT2D eigenvalue weighted by Gasteiger charge is -2.18. The second-order valence-corrected chi connectivity index (χ2v) is 11.4. The molecule has 0 aromatic rings. The fraction of sp³-hybridized carbons (Fsp3) is 0.692. The number of hydrogen-bond acceptors (Lipinski definition) is 5. The highest BCUT2D eigenvalue weighted by Crippen LogP contribution is 2.10. The van der Waals surface area contributed by atoms with Crippen molar-refractivity contribution < 1.29 is 23.8 Å². The van der Waals surface area contributed by atoms with Crippen molar-refractivity contribution in [2.75, 3.05) is 19.8 Å². The third-order valence-electron chi connectivity index (χ3n) is 7.10. The predicted octanol–water partition coefficient (Wildman–Crippen LogP) is 11.1. The van der Waals surface area contributed by atoms with Crippen molar-refractivity contribution in [2.24, 2.45) is 0 Å². The largest absolute Gasteiger partial charge is 0.461 e. The van der Waals surface area contributed by atoms with Crippen LogP contribution in [0.1, 0.15) is 149 Å². The van der Waals surface area contributed by atoms with E-state index in [1.807, 2.05) is 12.2 Å². The van der Waals surface area contributed by atoms with E-state index in [1.165, 1.54) is 51.4 Å². The molecule has 0 N–H and O–H groups in total. The van der Waals surface area contributed by atoms with Gasteiger partial charge >= 0.3 is 11.9 Å². The van der Waals surface area contributed by atoms with Gasteiger partial charge in [0.05, 0.1) is 13.0 Å². The second kappa shape index (κ2) is 35.1. The average molecular weight is 615 g/mol. The van der Waals surface area contributed by atoms with Crippen molar-refractivity contribution in [1.82, 2.24) is 0 Å². The Morgan fingerprint density at radius 2 is 1.00 bits per heavy atom. The van der Waals surface area contributed by atoms with Gasteiger partial charge in [-0.3, -0.25) is 9.59 Å². The van der Waals surface area contributed by atoms with Gasteiger partial charge in [0, 0.05) is 13.0 Å². The van der Waals surface area contributed by atoms with Crippen LogP contribution < -0.4 is 0 Å². The van der Waals surface area contributed by atoms with Gasteiger partial charge in [-0.15, -0.1) is 0 Å². The summed E-state index contributed by atoms with van der Waals surface area (Å²) < 4.78 is 16.9. The first-order chi connectivity index (χ1) is 21.6. The quantitative estimate of drug-likeness (QED) is 0.0441. The molecular formula is C39H66O5. The fourth-order valence-electron chi connectivity index (χ4n) is 4.46. The Bertz CT molecular complexity index is 792. The molecule has 5 heteroatoms. The summed E-state index contributed by atoms with van der Waals surface area (Å²) in [4.78, 5) is 24.7. The summed E-state index contributed by atoms with van der Waals surface area (Å²) in [6, 6.07) is 0. The molecule has 0 radical (unpaired) electrons. The number of esters is 2. The number of allylic oxidation sites excluding steroid dienone is 9. The van der Waals surface area contributed by atoms with E-state index in [1.54, 1.807) is 0 Å². The molecule has 1 atom stereocenters. The molecule has 0 saturated carbocycles. The lowest BCUT2D eigenvalue weighted by atomic mass is 10.1. The summed E-state index contributed by atoms with van der Waals surface area (Å²) in [5, 5.41) is 0. The van der Waals surface area contributed by atoms with Gasteiger partial charge in [0.25, 0.3) is 0 Å². The maximum absolute atomic E-state index is 12.5. The molecule has 0 heterocycles. The lowest BCUT2D eigenvalue weighted by molar-refractivity contribution is -0.162. The van der Waals surface area contributed by atoms with Crippen LogP contribution in [0.2, 0.25) is 0 Å². The molecule has 44 heavy (non-hydrogen) atoms. The van der Waals surface area contributed by atoms with Crippen molar-refractivity contribution in [3.05, 3.63) is 60.8 Å². The Morgan fingerprint density at radius 3 is 1.55 bits per heavy atom. The van der Waals surface area contributed by atoms with Crippen LogP contribution in [0.3, 0.4) is 0 Å². The molecule has 0 aliphatic rings. The minimum absolute atomic E-state index is 0.0306. The lowest BCUT2D eigenvalue weighted by Crippen LogP contribution is -2.30. The topological polar surface area (TPSA) is 61.8 Å². The summed E-state index contributed by atoms with van der Waals surface area (Å²) in [7, 11) is 0. The zero-order valence-corrected chi connectivity index (χ0v) is 28.7. The number of rotatable bonds is 31. The molecule has 0 aromatic heterocycles. The van der Waals surface area contributed by atoms with E-state index in [2.05, 4.69) is 69.4 Å². The number of hydrogen-bond donors (Lipinski definition) is 0. The van der Waals surface area contributed by atoms with Crippen LogP contribution in [0, 0.1) is 0 Å². The summed E-state index contributed by atoms with van der Waals surface area (Å²) in [5.41, 5.74) is 0. The molecule has 0 aromatic carbocycles. The minimum atomic E-state index is -0.565. The maximum atomic E-state index is 12.5. The van der Waals surface area contributed by atoms with Crippen molar-refractivity contribution in [3.8, 4) is 0 Å². The Kier molecular flexibility index (Phi) is 33.2. The Hall–Kier alpha value is -2.40. The van der Waals surface area contributed by atoms with Gasteiger partial charge in [-0.2, -0.15) is 0 Å². The number of carbonyl (C=O) groups is 2. The van der Waals surface area contributed by atoms with Gasteiger partial charge in [-0.05, 0) is 44.9 Å². The van der Waals surface area contributed by atoms with E-state index in [0.29, 0.717) is 13.0 Å². The average Bonchev–Trinajstić information content (AvgIpc) is 3.02. The van der Waals surface area contributed by atoms with Crippen LogP contribution in [-0.2, 0) is 23.8 Å². The van der Waals surface area contributed by atoms with Gasteiger partial charge in [0.1, 0.15) is 6.61 Å². The highest BCUT2D eigenvalue weighted by Gasteiger charge is 2.17.